The van der Waals surface area contributed by atoms with Crippen molar-refractivity contribution in [2.75, 3.05) is 32.8 Å². The van der Waals surface area contributed by atoms with Crippen molar-refractivity contribution in [2.24, 2.45) is 50.6 Å². The maximum absolute atomic E-state index is 14.4. The highest BCUT2D eigenvalue weighted by Crippen LogP contribution is 2.74. The summed E-state index contributed by atoms with van der Waals surface area (Å²) in [5.74, 6) is 2.01. The molecular formula is C34H56N2O2. The van der Waals surface area contributed by atoms with Gasteiger partial charge in [0.2, 0.25) is 5.91 Å². The summed E-state index contributed by atoms with van der Waals surface area (Å²) in [5, 5.41) is 0. The van der Waals surface area contributed by atoms with E-state index in [4.69, 9.17) is 10.5 Å². The minimum Gasteiger partial charge on any atom is -0.378 e. The number of rotatable bonds is 5. The van der Waals surface area contributed by atoms with Gasteiger partial charge in [-0.1, -0.05) is 58.4 Å². The Kier molecular flexibility index (Phi) is 7.29. The minimum atomic E-state index is -0.223. The molecular weight excluding hydrogens is 468 g/mol. The van der Waals surface area contributed by atoms with Crippen LogP contribution in [0.2, 0.25) is 0 Å². The highest BCUT2D eigenvalue weighted by Gasteiger charge is 2.67. The first kappa shape index (κ1) is 28.4. The number of nitrogens with zero attached hydrogens (tertiary/aromatic N) is 1. The van der Waals surface area contributed by atoms with E-state index in [1.54, 1.807) is 5.57 Å². The van der Waals surface area contributed by atoms with Gasteiger partial charge in [-0.15, -0.1) is 0 Å². The first-order valence-corrected chi connectivity index (χ1v) is 15.8. The lowest BCUT2D eigenvalue weighted by atomic mass is 9.35. The molecule has 5 aliphatic rings. The monoisotopic (exact) mass is 524 g/mol. The Morgan fingerprint density at radius 1 is 1.08 bits per heavy atom. The highest BCUT2D eigenvalue weighted by atomic mass is 16.5. The summed E-state index contributed by atoms with van der Waals surface area (Å²) in [6.45, 7) is 23.1. The molecule has 0 aromatic heterocycles. The molecule has 2 N–H and O–H groups in total. The van der Waals surface area contributed by atoms with Gasteiger partial charge in [-0.2, -0.15) is 0 Å². The van der Waals surface area contributed by atoms with E-state index < -0.39 is 0 Å². The Morgan fingerprint density at radius 3 is 2.42 bits per heavy atom. The van der Waals surface area contributed by atoms with E-state index in [-0.39, 0.29) is 27.1 Å². The van der Waals surface area contributed by atoms with Crippen molar-refractivity contribution in [3.63, 3.8) is 0 Å². The molecule has 4 fully saturated rings. The normalized spacial score (nSPS) is 44.3. The third-order valence-corrected chi connectivity index (χ3v) is 13.1. The second kappa shape index (κ2) is 9.75. The van der Waals surface area contributed by atoms with E-state index in [0.29, 0.717) is 36.9 Å². The number of allylic oxidation sites excluding steroid dienone is 3. The number of fused-ring (bicyclic) bond motifs is 5. The Hall–Kier alpha value is -1.13. The van der Waals surface area contributed by atoms with Crippen molar-refractivity contribution in [2.45, 2.75) is 106 Å². The SMILES string of the molecule is C=C(C)[C@@H]1CC[C@]2(C)[C@H](CC=C3[C@@H]4CC(C)(C)CC[C@]4(C(=O)N4CCOCC4)CC[C@]32C)[C@@]1(C)CCCN. The molecule has 38 heavy (non-hydrogen) atoms. The lowest BCUT2D eigenvalue weighted by Crippen LogP contribution is -2.63. The second-order valence-corrected chi connectivity index (χ2v) is 15.5. The maximum atomic E-state index is 14.4. The fourth-order valence-corrected chi connectivity index (χ4v) is 10.7. The van der Waals surface area contributed by atoms with Gasteiger partial charge in [0.15, 0.2) is 0 Å². The first-order chi connectivity index (χ1) is 17.8. The second-order valence-electron chi connectivity index (χ2n) is 15.5. The number of hydrogen-bond donors (Lipinski definition) is 1. The van der Waals surface area contributed by atoms with Gasteiger partial charge in [0, 0.05) is 13.1 Å². The Morgan fingerprint density at radius 2 is 1.76 bits per heavy atom. The summed E-state index contributed by atoms with van der Waals surface area (Å²) in [4.78, 5) is 16.6. The van der Waals surface area contributed by atoms with E-state index >= 15 is 0 Å². The zero-order valence-corrected chi connectivity index (χ0v) is 25.5. The first-order valence-electron chi connectivity index (χ1n) is 15.8. The quantitative estimate of drug-likeness (QED) is 0.389. The standard InChI is InChI=1S/C34H56N2O2/c1-24(2)25-11-13-33(7)28(31(25,5)12-8-18-35)10-9-26-27-23-30(3,4)14-16-34(27,17-15-32(26,33)6)29(37)36-19-21-38-22-20-36/h9,25,27-28H,1,8,10-23,35H2,2-7H3/t25-,27-,28+,31-,32+,33+,34-/m0/s1. The van der Waals surface area contributed by atoms with Crippen molar-refractivity contribution in [1.29, 1.82) is 0 Å². The van der Waals surface area contributed by atoms with Crippen molar-refractivity contribution < 1.29 is 9.53 Å². The molecule has 1 heterocycles. The molecule has 0 spiro atoms. The van der Waals surface area contributed by atoms with Crippen LogP contribution in [0.15, 0.2) is 23.8 Å². The maximum Gasteiger partial charge on any atom is 0.229 e. The van der Waals surface area contributed by atoms with Crippen LogP contribution in [0.3, 0.4) is 0 Å². The predicted molar refractivity (Wildman–Crippen MR) is 157 cm³/mol. The highest BCUT2D eigenvalue weighted by molar-refractivity contribution is 5.84. The Bertz CT molecular complexity index is 979. The number of morpholine rings is 1. The summed E-state index contributed by atoms with van der Waals surface area (Å²) >= 11 is 0. The van der Waals surface area contributed by atoms with Crippen LogP contribution < -0.4 is 5.73 Å². The fourth-order valence-electron chi connectivity index (χ4n) is 10.7. The molecule has 214 valence electrons. The average molecular weight is 525 g/mol. The van der Waals surface area contributed by atoms with Gasteiger partial charge in [-0.25, -0.2) is 0 Å². The van der Waals surface area contributed by atoms with Crippen LogP contribution in [0.1, 0.15) is 106 Å². The molecule has 5 rings (SSSR count). The van der Waals surface area contributed by atoms with Gasteiger partial charge in [-0.3, -0.25) is 4.79 Å². The molecule has 0 bridgehead atoms. The lowest BCUT2D eigenvalue weighted by Gasteiger charge is -2.69. The Balaban J connectivity index is 1.57. The third kappa shape index (κ3) is 4.09. The molecule has 1 amide bonds. The van der Waals surface area contributed by atoms with Crippen molar-refractivity contribution in [3.8, 4) is 0 Å². The summed E-state index contributed by atoms with van der Waals surface area (Å²) in [5.41, 5.74) is 9.78. The van der Waals surface area contributed by atoms with Crippen molar-refractivity contribution in [3.05, 3.63) is 23.8 Å². The van der Waals surface area contributed by atoms with Gasteiger partial charge < -0.3 is 15.4 Å². The molecule has 3 saturated carbocycles. The Labute approximate surface area is 233 Å². The van der Waals surface area contributed by atoms with E-state index in [2.05, 4.69) is 59.1 Å². The molecule has 4 aliphatic carbocycles. The number of ether oxygens (including phenoxy) is 1. The molecule has 1 saturated heterocycles. The molecule has 7 atom stereocenters. The van der Waals surface area contributed by atoms with Crippen LogP contribution >= 0.6 is 0 Å². The van der Waals surface area contributed by atoms with Crippen LogP contribution in [-0.4, -0.2) is 43.7 Å². The van der Waals surface area contributed by atoms with Crippen LogP contribution in [0.5, 0.6) is 0 Å². The molecule has 0 unspecified atom stereocenters. The molecule has 4 nitrogen and oxygen atoms in total. The minimum absolute atomic E-state index is 0.146. The largest absolute Gasteiger partial charge is 0.378 e. The van der Waals surface area contributed by atoms with Gasteiger partial charge in [0.05, 0.1) is 18.6 Å². The molecule has 0 aromatic carbocycles. The van der Waals surface area contributed by atoms with Crippen LogP contribution in [-0.2, 0) is 9.53 Å². The fraction of sp³-hybridized carbons (Fsp3) is 0.853. The predicted octanol–water partition coefficient (Wildman–Crippen LogP) is 7.14. The van der Waals surface area contributed by atoms with E-state index in [0.717, 1.165) is 64.6 Å². The summed E-state index contributed by atoms with van der Waals surface area (Å²) in [6.07, 6.45) is 14.1. The lowest BCUT2D eigenvalue weighted by molar-refractivity contribution is -0.169. The number of amides is 1. The van der Waals surface area contributed by atoms with Crippen LogP contribution in [0, 0.1) is 44.8 Å². The number of nitrogens with two attached hydrogens (primary N) is 1. The number of carbonyl (C=O) groups is 1. The van der Waals surface area contributed by atoms with Crippen LogP contribution in [0.4, 0.5) is 0 Å². The zero-order valence-electron chi connectivity index (χ0n) is 25.5. The van der Waals surface area contributed by atoms with Gasteiger partial charge in [0.25, 0.3) is 0 Å². The number of hydrogen-bond acceptors (Lipinski definition) is 3. The van der Waals surface area contributed by atoms with Crippen molar-refractivity contribution >= 4 is 5.91 Å². The summed E-state index contributed by atoms with van der Waals surface area (Å²) in [6, 6.07) is 0. The van der Waals surface area contributed by atoms with Crippen LogP contribution in [0.25, 0.3) is 0 Å². The molecule has 4 heteroatoms. The summed E-state index contributed by atoms with van der Waals surface area (Å²) in [7, 11) is 0. The molecule has 0 aromatic rings. The van der Waals surface area contributed by atoms with Crippen molar-refractivity contribution in [1.82, 2.24) is 4.90 Å². The topological polar surface area (TPSA) is 55.6 Å². The zero-order chi connectivity index (χ0) is 27.6. The molecule has 1 aliphatic heterocycles. The van der Waals surface area contributed by atoms with E-state index in [9.17, 15) is 4.79 Å². The smallest absolute Gasteiger partial charge is 0.229 e. The van der Waals surface area contributed by atoms with Gasteiger partial charge in [0.1, 0.15) is 0 Å². The number of carbonyl (C=O) groups excluding carboxylic acids is 1. The molecule has 0 radical (unpaired) electrons. The average Bonchev–Trinajstić information content (AvgIpc) is 2.87. The van der Waals surface area contributed by atoms with E-state index in [1.165, 1.54) is 24.8 Å². The van der Waals surface area contributed by atoms with Gasteiger partial charge in [-0.05, 0) is 117 Å². The summed E-state index contributed by atoms with van der Waals surface area (Å²) < 4.78 is 5.63. The van der Waals surface area contributed by atoms with E-state index in [1.807, 2.05) is 0 Å². The third-order valence-electron chi connectivity index (χ3n) is 13.1. The van der Waals surface area contributed by atoms with Gasteiger partial charge >= 0.3 is 0 Å².